The maximum atomic E-state index is 13.1. The molecule has 1 N–H and O–H groups in total. The molecule has 1 atom stereocenters. The van der Waals surface area contributed by atoms with Gasteiger partial charge in [0.1, 0.15) is 5.82 Å². The summed E-state index contributed by atoms with van der Waals surface area (Å²) in [5, 5.41) is 5.17. The summed E-state index contributed by atoms with van der Waals surface area (Å²) in [6.07, 6.45) is 1.24. The van der Waals surface area contributed by atoms with Crippen LogP contribution in [-0.2, 0) is 21.4 Å². The molecule has 0 saturated carbocycles. The summed E-state index contributed by atoms with van der Waals surface area (Å²) >= 11 is 0. The number of sulfonamides is 1. The molecule has 30 heavy (non-hydrogen) atoms. The number of carbonyl (C=O) groups is 1. The molecule has 1 saturated heterocycles. The van der Waals surface area contributed by atoms with Gasteiger partial charge in [-0.25, -0.2) is 12.8 Å². The quantitative estimate of drug-likeness (QED) is 0.677. The molecule has 0 radical (unpaired) electrons. The SMILES string of the molecule is O=C(NCc1cccc2ccccc12)C1CCCN(S(=O)(=O)c2ccc(F)cc2)C1. The van der Waals surface area contributed by atoms with Crippen molar-refractivity contribution in [1.29, 1.82) is 0 Å². The number of hydrogen-bond acceptors (Lipinski definition) is 3. The first-order valence-electron chi connectivity index (χ1n) is 9.95. The van der Waals surface area contributed by atoms with E-state index in [9.17, 15) is 17.6 Å². The number of rotatable bonds is 5. The van der Waals surface area contributed by atoms with E-state index in [-0.39, 0.29) is 17.3 Å². The lowest BCUT2D eigenvalue weighted by atomic mass is 9.98. The maximum Gasteiger partial charge on any atom is 0.243 e. The van der Waals surface area contributed by atoms with Crippen LogP contribution in [0.4, 0.5) is 4.39 Å². The van der Waals surface area contributed by atoms with Gasteiger partial charge < -0.3 is 5.32 Å². The molecule has 1 unspecified atom stereocenters. The van der Waals surface area contributed by atoms with Crippen molar-refractivity contribution in [3.8, 4) is 0 Å². The summed E-state index contributed by atoms with van der Waals surface area (Å²) in [5.74, 6) is -1.05. The fourth-order valence-corrected chi connectivity index (χ4v) is 5.43. The van der Waals surface area contributed by atoms with Gasteiger partial charge in [-0.1, -0.05) is 42.5 Å². The summed E-state index contributed by atoms with van der Waals surface area (Å²) < 4.78 is 40.2. The number of benzene rings is 3. The van der Waals surface area contributed by atoms with E-state index in [2.05, 4.69) is 5.32 Å². The van der Waals surface area contributed by atoms with E-state index < -0.39 is 21.8 Å². The van der Waals surface area contributed by atoms with E-state index in [1.54, 1.807) is 0 Å². The minimum Gasteiger partial charge on any atom is -0.352 e. The molecular formula is C23H23FN2O3S. The van der Waals surface area contributed by atoms with E-state index in [0.29, 0.717) is 25.9 Å². The van der Waals surface area contributed by atoms with Crippen LogP contribution in [0.15, 0.2) is 71.6 Å². The zero-order chi connectivity index (χ0) is 21.1. The maximum absolute atomic E-state index is 13.1. The van der Waals surface area contributed by atoms with E-state index >= 15 is 0 Å². The van der Waals surface area contributed by atoms with Crippen molar-refractivity contribution in [3.63, 3.8) is 0 Å². The summed E-state index contributed by atoms with van der Waals surface area (Å²) in [4.78, 5) is 12.8. The molecule has 4 rings (SSSR count). The van der Waals surface area contributed by atoms with Gasteiger partial charge in [0.05, 0.1) is 10.8 Å². The van der Waals surface area contributed by atoms with Gasteiger partial charge in [-0.2, -0.15) is 4.31 Å². The van der Waals surface area contributed by atoms with Crippen molar-refractivity contribution in [3.05, 3.63) is 78.1 Å². The van der Waals surface area contributed by atoms with Crippen molar-refractivity contribution >= 4 is 26.7 Å². The van der Waals surface area contributed by atoms with Crippen molar-refractivity contribution in [2.45, 2.75) is 24.3 Å². The molecule has 1 aliphatic rings. The molecule has 5 nitrogen and oxygen atoms in total. The first-order valence-corrected chi connectivity index (χ1v) is 11.4. The van der Waals surface area contributed by atoms with Crippen LogP contribution in [0.1, 0.15) is 18.4 Å². The predicted octanol–water partition coefficient (Wildman–Crippen LogP) is 3.70. The number of hydrogen-bond donors (Lipinski definition) is 1. The Morgan fingerprint density at radius 2 is 1.77 bits per heavy atom. The lowest BCUT2D eigenvalue weighted by molar-refractivity contribution is -0.126. The van der Waals surface area contributed by atoms with E-state index in [1.807, 2.05) is 42.5 Å². The number of nitrogens with one attached hydrogen (secondary N) is 1. The predicted molar refractivity (Wildman–Crippen MR) is 114 cm³/mol. The van der Waals surface area contributed by atoms with Crippen LogP contribution in [0.5, 0.6) is 0 Å². The highest BCUT2D eigenvalue weighted by atomic mass is 32.2. The molecule has 0 spiro atoms. The van der Waals surface area contributed by atoms with Crippen molar-refractivity contribution in [2.24, 2.45) is 5.92 Å². The lowest BCUT2D eigenvalue weighted by Crippen LogP contribution is -2.45. The third kappa shape index (κ3) is 4.22. The number of amides is 1. The summed E-state index contributed by atoms with van der Waals surface area (Å²) in [7, 11) is -3.75. The van der Waals surface area contributed by atoms with Gasteiger partial charge in [0.15, 0.2) is 0 Å². The van der Waals surface area contributed by atoms with Gasteiger partial charge in [-0.3, -0.25) is 4.79 Å². The minimum absolute atomic E-state index is 0.0423. The third-order valence-electron chi connectivity index (χ3n) is 5.54. The van der Waals surface area contributed by atoms with Crippen molar-refractivity contribution in [1.82, 2.24) is 9.62 Å². The molecule has 1 fully saturated rings. The van der Waals surface area contributed by atoms with Gasteiger partial charge in [0, 0.05) is 19.6 Å². The molecule has 1 aliphatic heterocycles. The Morgan fingerprint density at radius 3 is 2.57 bits per heavy atom. The van der Waals surface area contributed by atoms with Crippen LogP contribution in [0.25, 0.3) is 10.8 Å². The standard InChI is InChI=1S/C23H23FN2O3S/c24-20-10-12-21(13-11-20)30(28,29)26-14-4-8-19(16-26)23(27)25-15-18-7-3-6-17-5-1-2-9-22(17)18/h1-3,5-7,9-13,19H,4,8,14-16H2,(H,25,27). The minimum atomic E-state index is -3.75. The highest BCUT2D eigenvalue weighted by Gasteiger charge is 2.33. The van der Waals surface area contributed by atoms with Crippen molar-refractivity contribution in [2.75, 3.05) is 13.1 Å². The summed E-state index contributed by atoms with van der Waals surface area (Å²) in [6, 6.07) is 18.7. The van der Waals surface area contributed by atoms with Crippen molar-refractivity contribution < 1.29 is 17.6 Å². The Labute approximate surface area is 175 Å². The van der Waals surface area contributed by atoms with Crippen LogP contribution in [-0.4, -0.2) is 31.7 Å². The van der Waals surface area contributed by atoms with E-state index in [1.165, 1.54) is 16.4 Å². The summed E-state index contributed by atoms with van der Waals surface area (Å²) in [5.41, 5.74) is 1.02. The summed E-state index contributed by atoms with van der Waals surface area (Å²) in [6.45, 7) is 0.870. The normalized spacial score (nSPS) is 17.7. The Balaban J connectivity index is 1.44. The fourth-order valence-electron chi connectivity index (χ4n) is 3.90. The molecule has 7 heteroatoms. The molecule has 1 amide bonds. The van der Waals surface area contributed by atoms with Crippen LogP contribution < -0.4 is 5.32 Å². The Bertz CT molecular complexity index is 1160. The molecule has 0 aromatic heterocycles. The fraction of sp³-hybridized carbons (Fsp3) is 0.261. The van der Waals surface area contributed by atoms with Gasteiger partial charge in [-0.05, 0) is 53.4 Å². The molecule has 3 aromatic rings. The number of carbonyl (C=O) groups excluding carboxylic acids is 1. The van der Waals surface area contributed by atoms with Crippen LogP contribution in [0.3, 0.4) is 0 Å². The molecule has 1 heterocycles. The van der Waals surface area contributed by atoms with Crippen LogP contribution >= 0.6 is 0 Å². The number of piperidine rings is 1. The van der Waals surface area contributed by atoms with Crippen LogP contribution in [0, 0.1) is 11.7 Å². The zero-order valence-electron chi connectivity index (χ0n) is 16.4. The monoisotopic (exact) mass is 426 g/mol. The second-order valence-electron chi connectivity index (χ2n) is 7.51. The first kappa shape index (κ1) is 20.5. The number of halogens is 1. The highest BCUT2D eigenvalue weighted by Crippen LogP contribution is 2.24. The Hall–Kier alpha value is -2.77. The topological polar surface area (TPSA) is 66.5 Å². The van der Waals surface area contributed by atoms with Gasteiger partial charge in [0.25, 0.3) is 0 Å². The number of nitrogens with zero attached hydrogens (tertiary/aromatic N) is 1. The van der Waals surface area contributed by atoms with Crippen LogP contribution in [0.2, 0.25) is 0 Å². The Kier molecular flexibility index (Phi) is 5.83. The first-order chi connectivity index (χ1) is 14.4. The molecule has 3 aromatic carbocycles. The average Bonchev–Trinajstić information content (AvgIpc) is 2.78. The highest BCUT2D eigenvalue weighted by molar-refractivity contribution is 7.89. The zero-order valence-corrected chi connectivity index (χ0v) is 17.2. The average molecular weight is 427 g/mol. The lowest BCUT2D eigenvalue weighted by Gasteiger charge is -2.31. The van der Waals surface area contributed by atoms with E-state index in [4.69, 9.17) is 0 Å². The van der Waals surface area contributed by atoms with Gasteiger partial charge >= 0.3 is 0 Å². The number of fused-ring (bicyclic) bond motifs is 1. The largest absolute Gasteiger partial charge is 0.352 e. The smallest absolute Gasteiger partial charge is 0.243 e. The van der Waals surface area contributed by atoms with Gasteiger partial charge in [0.2, 0.25) is 15.9 Å². The van der Waals surface area contributed by atoms with E-state index in [0.717, 1.165) is 28.5 Å². The Morgan fingerprint density at radius 1 is 1.03 bits per heavy atom. The molecular weight excluding hydrogens is 403 g/mol. The third-order valence-corrected chi connectivity index (χ3v) is 7.42. The second kappa shape index (κ2) is 8.53. The van der Waals surface area contributed by atoms with Gasteiger partial charge in [-0.15, -0.1) is 0 Å². The molecule has 156 valence electrons. The molecule has 0 bridgehead atoms. The second-order valence-corrected chi connectivity index (χ2v) is 9.45. The molecule has 0 aliphatic carbocycles.